The normalized spacial score (nSPS) is 11.3. The Morgan fingerprint density at radius 3 is 3.00 bits per heavy atom. The van der Waals surface area contributed by atoms with Crippen molar-refractivity contribution in [3.05, 3.63) is 39.5 Å². The van der Waals surface area contributed by atoms with Gasteiger partial charge in [0.05, 0.1) is 16.1 Å². The maximum Gasteiger partial charge on any atom is 0.246 e. The number of H-pyrrole nitrogens is 1. The molecule has 0 bridgehead atoms. The van der Waals surface area contributed by atoms with Crippen LogP contribution in [0.1, 0.15) is 11.7 Å². The smallest absolute Gasteiger partial charge is 0.246 e. The summed E-state index contributed by atoms with van der Waals surface area (Å²) >= 11 is 11.0. The first kappa shape index (κ1) is 12.3. The third-order valence-electron chi connectivity index (χ3n) is 2.68. The van der Waals surface area contributed by atoms with Crippen LogP contribution in [0.4, 0.5) is 4.39 Å². The molecule has 98 valence electrons. The van der Waals surface area contributed by atoms with E-state index in [2.05, 4.69) is 15.1 Å². The average molecular weight is 299 g/mol. The maximum absolute atomic E-state index is 13.4. The molecular weight excluding hydrogens is 291 g/mol. The Labute approximate surface area is 117 Å². The zero-order valence-corrected chi connectivity index (χ0v) is 11.3. The minimum atomic E-state index is -0.494. The molecule has 0 atom stereocenters. The molecule has 2 aromatic heterocycles. The van der Waals surface area contributed by atoms with Gasteiger partial charge in [0.15, 0.2) is 10.6 Å². The second-order valence-corrected chi connectivity index (χ2v) is 4.83. The lowest BCUT2D eigenvalue weighted by atomic mass is 10.3. The van der Waals surface area contributed by atoms with E-state index in [1.165, 1.54) is 12.1 Å². The predicted molar refractivity (Wildman–Crippen MR) is 70.2 cm³/mol. The van der Waals surface area contributed by atoms with Gasteiger partial charge in [-0.15, -0.1) is 0 Å². The topological polar surface area (TPSA) is 59.6 Å². The van der Waals surface area contributed by atoms with Crippen LogP contribution < -0.4 is 0 Å². The Kier molecular flexibility index (Phi) is 2.87. The van der Waals surface area contributed by atoms with Gasteiger partial charge < -0.3 is 14.1 Å². The molecule has 3 aromatic rings. The molecule has 0 spiro atoms. The van der Waals surface area contributed by atoms with Gasteiger partial charge in [-0.3, -0.25) is 0 Å². The number of aryl methyl sites for hydroxylation is 1. The van der Waals surface area contributed by atoms with Gasteiger partial charge in [0.1, 0.15) is 12.4 Å². The Morgan fingerprint density at radius 2 is 2.32 bits per heavy atom. The van der Waals surface area contributed by atoms with Gasteiger partial charge in [0.25, 0.3) is 0 Å². The number of hydrogen-bond acceptors (Lipinski definition) is 4. The first-order chi connectivity index (χ1) is 9.04. The van der Waals surface area contributed by atoms with Crippen molar-refractivity contribution in [1.29, 1.82) is 0 Å². The molecule has 0 saturated carbocycles. The molecule has 2 heterocycles. The van der Waals surface area contributed by atoms with E-state index >= 15 is 0 Å². The largest absolute Gasteiger partial charge is 0.337 e. The fourth-order valence-corrected chi connectivity index (χ4v) is 2.28. The van der Waals surface area contributed by atoms with Crippen molar-refractivity contribution in [3.63, 3.8) is 0 Å². The number of benzene rings is 1. The molecule has 1 aromatic carbocycles. The minimum Gasteiger partial charge on any atom is -0.337 e. The third-order valence-corrected chi connectivity index (χ3v) is 3.29. The molecule has 0 amide bonds. The molecule has 0 aliphatic carbocycles. The van der Waals surface area contributed by atoms with Gasteiger partial charge in [0, 0.05) is 6.07 Å². The van der Waals surface area contributed by atoms with Gasteiger partial charge >= 0.3 is 0 Å². The van der Waals surface area contributed by atoms with Crippen LogP contribution in [0.25, 0.3) is 11.0 Å². The van der Waals surface area contributed by atoms with Crippen molar-refractivity contribution in [1.82, 2.24) is 19.7 Å². The van der Waals surface area contributed by atoms with E-state index in [1.54, 1.807) is 11.5 Å². The predicted octanol–water partition coefficient (Wildman–Crippen LogP) is 3.23. The van der Waals surface area contributed by atoms with Crippen molar-refractivity contribution in [2.75, 3.05) is 0 Å². The number of halogens is 2. The summed E-state index contributed by atoms with van der Waals surface area (Å²) in [5.41, 5.74) is 1.26. The molecule has 1 N–H and O–H groups in total. The van der Waals surface area contributed by atoms with Crippen molar-refractivity contribution < 1.29 is 8.91 Å². The van der Waals surface area contributed by atoms with Crippen LogP contribution >= 0.6 is 23.8 Å². The summed E-state index contributed by atoms with van der Waals surface area (Å²) in [6.07, 6.45) is 0. The highest BCUT2D eigenvalue weighted by Crippen LogP contribution is 2.23. The summed E-state index contributed by atoms with van der Waals surface area (Å²) in [5.74, 6) is 0.478. The first-order valence-corrected chi connectivity index (χ1v) is 6.20. The quantitative estimate of drug-likeness (QED) is 0.738. The Hall–Kier alpha value is -1.73. The van der Waals surface area contributed by atoms with Crippen LogP contribution in [0.2, 0.25) is 5.02 Å². The van der Waals surface area contributed by atoms with E-state index < -0.39 is 5.82 Å². The van der Waals surface area contributed by atoms with Crippen LogP contribution in [0, 0.1) is 17.5 Å². The van der Waals surface area contributed by atoms with Crippen LogP contribution in [-0.4, -0.2) is 19.7 Å². The van der Waals surface area contributed by atoms with Crippen LogP contribution in [0.5, 0.6) is 0 Å². The number of hydrogen-bond donors (Lipinski definition) is 1. The summed E-state index contributed by atoms with van der Waals surface area (Å²) < 4.78 is 20.6. The molecule has 5 nitrogen and oxygen atoms in total. The third kappa shape index (κ3) is 2.15. The minimum absolute atomic E-state index is 0.0389. The van der Waals surface area contributed by atoms with Crippen LogP contribution in [-0.2, 0) is 6.54 Å². The highest BCUT2D eigenvalue weighted by molar-refractivity contribution is 7.71. The number of rotatable bonds is 2. The summed E-state index contributed by atoms with van der Waals surface area (Å²) in [6.45, 7) is 2.04. The number of nitrogens with zero attached hydrogens (tertiary/aromatic N) is 3. The van der Waals surface area contributed by atoms with Gasteiger partial charge in [-0.1, -0.05) is 16.8 Å². The summed E-state index contributed by atoms with van der Waals surface area (Å²) in [4.78, 5) is 7.02. The van der Waals surface area contributed by atoms with E-state index in [0.29, 0.717) is 34.1 Å². The van der Waals surface area contributed by atoms with Crippen molar-refractivity contribution >= 4 is 34.9 Å². The highest BCUT2D eigenvalue weighted by Gasteiger charge is 2.12. The number of nitrogens with one attached hydrogen (secondary N) is 1. The summed E-state index contributed by atoms with van der Waals surface area (Å²) in [6, 6.07) is 2.82. The lowest BCUT2D eigenvalue weighted by molar-refractivity contribution is 0.368. The fourth-order valence-electron chi connectivity index (χ4n) is 1.85. The number of fused-ring (bicyclic) bond motifs is 1. The summed E-state index contributed by atoms with van der Waals surface area (Å²) in [5, 5.41) is 3.75. The zero-order valence-electron chi connectivity index (χ0n) is 9.78. The molecule has 8 heteroatoms. The van der Waals surface area contributed by atoms with Crippen LogP contribution in [0.15, 0.2) is 16.7 Å². The van der Waals surface area contributed by atoms with Crippen molar-refractivity contribution in [2.45, 2.75) is 13.5 Å². The Morgan fingerprint density at radius 1 is 1.53 bits per heavy atom. The molecule has 0 aliphatic heterocycles. The van der Waals surface area contributed by atoms with E-state index in [1.807, 2.05) is 0 Å². The molecule has 3 rings (SSSR count). The van der Waals surface area contributed by atoms with E-state index in [0.717, 1.165) is 0 Å². The summed E-state index contributed by atoms with van der Waals surface area (Å²) in [7, 11) is 0. The fraction of sp³-hybridized carbons (Fsp3) is 0.182. The van der Waals surface area contributed by atoms with Gasteiger partial charge in [-0.2, -0.15) is 4.98 Å². The zero-order chi connectivity index (χ0) is 13.6. The van der Waals surface area contributed by atoms with Gasteiger partial charge in [0.2, 0.25) is 5.89 Å². The van der Waals surface area contributed by atoms with Gasteiger partial charge in [-0.05, 0) is 25.2 Å². The molecule has 0 aliphatic rings. The van der Waals surface area contributed by atoms with Crippen LogP contribution in [0.3, 0.4) is 0 Å². The highest BCUT2D eigenvalue weighted by atomic mass is 35.5. The lowest BCUT2D eigenvalue weighted by Crippen LogP contribution is -2.00. The molecule has 19 heavy (non-hydrogen) atoms. The van der Waals surface area contributed by atoms with E-state index in [-0.39, 0.29) is 5.02 Å². The molecule has 0 saturated heterocycles. The maximum atomic E-state index is 13.4. The molecule has 0 radical (unpaired) electrons. The molecule has 0 unspecified atom stereocenters. The lowest BCUT2D eigenvalue weighted by Gasteiger charge is -2.01. The number of aromatic amines is 1. The Balaban J connectivity index is 2.15. The first-order valence-electron chi connectivity index (χ1n) is 5.41. The second-order valence-electron chi connectivity index (χ2n) is 4.04. The van der Waals surface area contributed by atoms with Crippen molar-refractivity contribution in [3.8, 4) is 0 Å². The molecule has 0 fully saturated rings. The second kappa shape index (κ2) is 4.43. The SMILES string of the molecule is Cc1noc(Cn2c(=S)[nH]c3cc(F)c(Cl)cc32)n1. The van der Waals surface area contributed by atoms with Gasteiger partial charge in [-0.25, -0.2) is 4.39 Å². The standard InChI is InChI=1S/C11H8ClFN4OS/c1-5-14-10(18-16-5)4-17-9-2-6(12)7(13)3-8(9)15-11(17)19/h2-3H,4H2,1H3,(H,15,19). The number of imidazole rings is 1. The monoisotopic (exact) mass is 298 g/mol. The number of aromatic nitrogens is 4. The molecular formula is C11H8ClFN4OS. The van der Waals surface area contributed by atoms with Crippen molar-refractivity contribution in [2.24, 2.45) is 0 Å². The Bertz CT molecular complexity index is 822. The van der Waals surface area contributed by atoms with E-state index in [9.17, 15) is 4.39 Å². The average Bonchev–Trinajstić information content (AvgIpc) is 2.87. The van der Waals surface area contributed by atoms with E-state index in [4.69, 9.17) is 28.3 Å².